The van der Waals surface area contributed by atoms with Crippen LogP contribution >= 0.6 is 15.9 Å². The number of hydrogen-bond acceptors (Lipinski definition) is 4. The molecule has 7 heteroatoms. The minimum atomic E-state index is -0.356. The van der Waals surface area contributed by atoms with Gasteiger partial charge in [-0.15, -0.1) is 0 Å². The molecule has 0 saturated heterocycles. The SMILES string of the molecule is CC1=C(C(=O)Nc2ccccc2)[C@@H](c2ccc(Br)cc2)n2ncnc2N1. The molecule has 3 aromatic rings. The Morgan fingerprint density at radius 3 is 2.62 bits per heavy atom. The van der Waals surface area contributed by atoms with E-state index < -0.39 is 0 Å². The summed E-state index contributed by atoms with van der Waals surface area (Å²) in [6.45, 7) is 1.88. The third-order valence-corrected chi connectivity index (χ3v) is 4.79. The van der Waals surface area contributed by atoms with E-state index in [1.54, 1.807) is 4.68 Å². The van der Waals surface area contributed by atoms with Gasteiger partial charge in [0.2, 0.25) is 5.95 Å². The number of amides is 1. The Hall–Kier alpha value is -2.93. The molecule has 1 atom stereocenters. The molecule has 130 valence electrons. The second-order valence-electron chi connectivity index (χ2n) is 5.97. The van der Waals surface area contributed by atoms with Crippen LogP contribution in [0, 0.1) is 0 Å². The van der Waals surface area contributed by atoms with Crippen molar-refractivity contribution in [3.05, 3.63) is 82.2 Å². The average Bonchev–Trinajstić information content (AvgIpc) is 3.10. The lowest BCUT2D eigenvalue weighted by atomic mass is 9.95. The van der Waals surface area contributed by atoms with Gasteiger partial charge >= 0.3 is 0 Å². The lowest BCUT2D eigenvalue weighted by Crippen LogP contribution is -2.31. The molecule has 0 spiro atoms. The third-order valence-electron chi connectivity index (χ3n) is 4.26. The maximum absolute atomic E-state index is 13.1. The van der Waals surface area contributed by atoms with Crippen molar-refractivity contribution in [1.82, 2.24) is 14.8 Å². The first-order valence-electron chi connectivity index (χ1n) is 8.12. The number of hydrogen-bond donors (Lipinski definition) is 2. The van der Waals surface area contributed by atoms with Crippen LogP contribution in [0.5, 0.6) is 0 Å². The molecule has 2 aromatic carbocycles. The first-order valence-corrected chi connectivity index (χ1v) is 8.92. The van der Waals surface area contributed by atoms with E-state index in [4.69, 9.17) is 0 Å². The van der Waals surface area contributed by atoms with Gasteiger partial charge in [-0.25, -0.2) is 4.68 Å². The molecule has 1 aliphatic rings. The van der Waals surface area contributed by atoms with Crippen molar-refractivity contribution < 1.29 is 4.79 Å². The minimum Gasteiger partial charge on any atom is -0.328 e. The summed E-state index contributed by atoms with van der Waals surface area (Å²) in [5.74, 6) is 0.446. The van der Waals surface area contributed by atoms with Crippen molar-refractivity contribution in [2.24, 2.45) is 0 Å². The summed E-state index contributed by atoms with van der Waals surface area (Å²) in [5.41, 5.74) is 3.07. The van der Waals surface area contributed by atoms with Crippen molar-refractivity contribution in [3.63, 3.8) is 0 Å². The minimum absolute atomic E-state index is 0.171. The molecular formula is C19H16BrN5O. The van der Waals surface area contributed by atoms with E-state index >= 15 is 0 Å². The van der Waals surface area contributed by atoms with Crippen molar-refractivity contribution in [2.75, 3.05) is 10.6 Å². The first-order chi connectivity index (χ1) is 12.6. The standard InChI is InChI=1S/C19H16BrN5O/c1-12-16(18(26)24-15-5-3-2-4-6-15)17(13-7-9-14(20)10-8-13)25-19(23-12)21-11-22-25/h2-11,17H,1H3,(H,24,26)(H,21,22,23)/t17-/m1/s1. The maximum Gasteiger partial charge on any atom is 0.255 e. The quantitative estimate of drug-likeness (QED) is 0.686. The normalized spacial score (nSPS) is 16.0. The van der Waals surface area contributed by atoms with Gasteiger partial charge in [0.05, 0.1) is 5.57 Å². The van der Waals surface area contributed by atoms with Gasteiger partial charge in [-0.05, 0) is 36.8 Å². The van der Waals surface area contributed by atoms with Crippen LogP contribution in [0.1, 0.15) is 18.5 Å². The molecular weight excluding hydrogens is 394 g/mol. The molecule has 0 aliphatic carbocycles. The van der Waals surface area contributed by atoms with E-state index in [9.17, 15) is 4.79 Å². The van der Waals surface area contributed by atoms with Gasteiger partial charge in [0.25, 0.3) is 5.91 Å². The van der Waals surface area contributed by atoms with Gasteiger partial charge in [-0.1, -0.05) is 46.3 Å². The molecule has 2 N–H and O–H groups in total. The predicted octanol–water partition coefficient (Wildman–Crippen LogP) is 3.97. The summed E-state index contributed by atoms with van der Waals surface area (Å²) < 4.78 is 2.71. The van der Waals surface area contributed by atoms with Crippen LogP contribution < -0.4 is 10.6 Å². The highest BCUT2D eigenvalue weighted by molar-refractivity contribution is 9.10. The Bertz CT molecular complexity index is 979. The number of fused-ring (bicyclic) bond motifs is 1. The number of allylic oxidation sites excluding steroid dienone is 1. The van der Waals surface area contributed by atoms with Crippen LogP contribution in [0.4, 0.5) is 11.6 Å². The zero-order chi connectivity index (χ0) is 18.1. The lowest BCUT2D eigenvalue weighted by Gasteiger charge is -2.28. The van der Waals surface area contributed by atoms with Crippen LogP contribution in [-0.2, 0) is 4.79 Å². The van der Waals surface area contributed by atoms with Crippen molar-refractivity contribution >= 4 is 33.5 Å². The molecule has 1 aliphatic heterocycles. The molecule has 1 amide bonds. The number of nitrogens with one attached hydrogen (secondary N) is 2. The van der Waals surface area contributed by atoms with E-state index in [0.29, 0.717) is 11.5 Å². The van der Waals surface area contributed by atoms with Crippen molar-refractivity contribution in [2.45, 2.75) is 13.0 Å². The van der Waals surface area contributed by atoms with Gasteiger partial charge in [-0.3, -0.25) is 4.79 Å². The molecule has 0 radical (unpaired) electrons. The number of aromatic nitrogens is 3. The summed E-state index contributed by atoms with van der Waals surface area (Å²) in [4.78, 5) is 17.3. The number of carbonyl (C=O) groups excluding carboxylic acids is 1. The summed E-state index contributed by atoms with van der Waals surface area (Å²) in [5, 5.41) is 10.5. The maximum atomic E-state index is 13.1. The van der Waals surface area contributed by atoms with E-state index in [-0.39, 0.29) is 11.9 Å². The largest absolute Gasteiger partial charge is 0.328 e. The summed E-state index contributed by atoms with van der Waals surface area (Å²) in [6, 6.07) is 16.9. The number of rotatable bonds is 3. The molecule has 0 saturated carbocycles. The van der Waals surface area contributed by atoms with Crippen LogP contribution in [-0.4, -0.2) is 20.7 Å². The van der Waals surface area contributed by atoms with Gasteiger partial charge in [-0.2, -0.15) is 10.1 Å². The van der Waals surface area contributed by atoms with Crippen LogP contribution in [0.2, 0.25) is 0 Å². The highest BCUT2D eigenvalue weighted by Crippen LogP contribution is 2.35. The Morgan fingerprint density at radius 1 is 1.15 bits per heavy atom. The molecule has 4 rings (SSSR count). The molecule has 6 nitrogen and oxygen atoms in total. The van der Waals surface area contributed by atoms with Crippen molar-refractivity contribution in [3.8, 4) is 0 Å². The van der Waals surface area contributed by atoms with Crippen LogP contribution in [0.15, 0.2) is 76.7 Å². The number of benzene rings is 2. The van der Waals surface area contributed by atoms with Gasteiger partial charge in [0.15, 0.2) is 0 Å². The van der Waals surface area contributed by atoms with E-state index in [1.165, 1.54) is 6.33 Å². The monoisotopic (exact) mass is 409 g/mol. The number of halogens is 1. The average molecular weight is 410 g/mol. The Labute approximate surface area is 159 Å². The summed E-state index contributed by atoms with van der Waals surface area (Å²) in [6.07, 6.45) is 1.49. The second kappa shape index (κ2) is 6.76. The highest BCUT2D eigenvalue weighted by Gasteiger charge is 2.33. The molecule has 0 bridgehead atoms. The molecule has 1 aromatic heterocycles. The Kier molecular flexibility index (Phi) is 4.30. The van der Waals surface area contributed by atoms with Crippen LogP contribution in [0.25, 0.3) is 0 Å². The molecule has 0 fully saturated rings. The van der Waals surface area contributed by atoms with E-state index in [2.05, 4.69) is 36.6 Å². The summed E-state index contributed by atoms with van der Waals surface area (Å²) >= 11 is 3.46. The number of anilines is 2. The lowest BCUT2D eigenvalue weighted by molar-refractivity contribution is -0.113. The van der Waals surface area contributed by atoms with Gasteiger partial charge in [0.1, 0.15) is 12.4 Å². The molecule has 2 heterocycles. The molecule has 0 unspecified atom stereocenters. The number of para-hydroxylation sites is 1. The second-order valence-corrected chi connectivity index (χ2v) is 6.88. The Morgan fingerprint density at radius 2 is 1.88 bits per heavy atom. The van der Waals surface area contributed by atoms with Gasteiger partial charge in [0, 0.05) is 15.9 Å². The van der Waals surface area contributed by atoms with E-state index in [0.717, 1.165) is 21.4 Å². The summed E-state index contributed by atoms with van der Waals surface area (Å²) in [7, 11) is 0. The van der Waals surface area contributed by atoms with Crippen LogP contribution in [0.3, 0.4) is 0 Å². The van der Waals surface area contributed by atoms with Gasteiger partial charge < -0.3 is 10.6 Å². The fourth-order valence-electron chi connectivity index (χ4n) is 3.06. The smallest absolute Gasteiger partial charge is 0.255 e. The fourth-order valence-corrected chi connectivity index (χ4v) is 3.32. The first kappa shape index (κ1) is 16.5. The number of carbonyl (C=O) groups is 1. The topological polar surface area (TPSA) is 71.8 Å². The fraction of sp³-hybridized carbons (Fsp3) is 0.105. The highest BCUT2D eigenvalue weighted by atomic mass is 79.9. The molecule has 26 heavy (non-hydrogen) atoms. The number of nitrogens with zero attached hydrogens (tertiary/aromatic N) is 3. The Balaban J connectivity index is 1.77. The van der Waals surface area contributed by atoms with Crippen molar-refractivity contribution in [1.29, 1.82) is 0 Å². The van der Waals surface area contributed by atoms with E-state index in [1.807, 2.05) is 61.5 Å². The predicted molar refractivity (Wildman–Crippen MR) is 104 cm³/mol. The zero-order valence-corrected chi connectivity index (χ0v) is 15.6. The third kappa shape index (κ3) is 3.01. The zero-order valence-electron chi connectivity index (χ0n) is 14.0.